The fourth-order valence-electron chi connectivity index (χ4n) is 8.98. The molecule has 3 nitrogen and oxygen atoms in total. The Bertz CT molecular complexity index is 3020. The largest absolute Gasteiger partial charge is 0.277 e. The number of hydrogen-bond donors (Lipinski definition) is 0. The van der Waals surface area contributed by atoms with E-state index < -0.39 is 0 Å². The van der Waals surface area contributed by atoms with Gasteiger partial charge in [-0.1, -0.05) is 159 Å². The van der Waals surface area contributed by atoms with Crippen molar-refractivity contribution in [2.75, 3.05) is 0 Å². The van der Waals surface area contributed by atoms with Gasteiger partial charge in [-0.25, -0.2) is 9.97 Å². The van der Waals surface area contributed by atoms with Crippen LogP contribution in [0.15, 0.2) is 152 Å². The number of rotatable bonds is 2. The molecule has 10 aromatic rings. The van der Waals surface area contributed by atoms with Gasteiger partial charge < -0.3 is 0 Å². The molecule has 234 valence electrons. The molecule has 50 heavy (non-hydrogen) atoms. The predicted octanol–water partition coefficient (Wildman–Crippen LogP) is 12.2. The smallest absolute Gasteiger partial charge is 0.235 e. The summed E-state index contributed by atoms with van der Waals surface area (Å²) >= 11 is 0. The maximum Gasteiger partial charge on any atom is 0.235 e. The fraction of sp³-hybridized carbons (Fsp3) is 0.0638. The predicted molar refractivity (Wildman–Crippen MR) is 209 cm³/mol. The maximum absolute atomic E-state index is 5.59. The van der Waals surface area contributed by atoms with Gasteiger partial charge in [-0.15, -0.1) is 0 Å². The third-order valence-electron chi connectivity index (χ3n) is 11.1. The topological polar surface area (TPSA) is 30.7 Å². The standard InChI is InChI=1S/C47H31N3/c1-47(2)38-23-13-12-22-36(38)44-42(47)43(29-15-4-3-5-16-29)48-46(49-44)50-39-27-26-35-33-20-9-8-18-31(33)32-19-10-11-21-34(32)40(35)41(39)37-25-24-28-14-6-7-17-30(28)45(37)50/h3-27H,1-2H3. The first-order valence-electron chi connectivity index (χ1n) is 17.4. The molecule has 2 heterocycles. The van der Waals surface area contributed by atoms with Gasteiger partial charge in [-0.3, -0.25) is 4.57 Å². The van der Waals surface area contributed by atoms with Crippen LogP contribution in [0.4, 0.5) is 0 Å². The van der Waals surface area contributed by atoms with Gasteiger partial charge in [-0.05, 0) is 43.9 Å². The van der Waals surface area contributed by atoms with Crippen LogP contribution in [0.25, 0.3) is 93.4 Å². The van der Waals surface area contributed by atoms with E-state index in [0.29, 0.717) is 5.95 Å². The Morgan fingerprint density at radius 2 is 1.04 bits per heavy atom. The highest BCUT2D eigenvalue weighted by Crippen LogP contribution is 2.52. The number of aromatic nitrogens is 3. The molecule has 2 aromatic heterocycles. The third kappa shape index (κ3) is 3.54. The summed E-state index contributed by atoms with van der Waals surface area (Å²) in [6.07, 6.45) is 0. The van der Waals surface area contributed by atoms with Gasteiger partial charge in [0.1, 0.15) is 0 Å². The minimum absolute atomic E-state index is 0.251. The lowest BCUT2D eigenvalue weighted by molar-refractivity contribution is 0.657. The van der Waals surface area contributed by atoms with Crippen LogP contribution in [-0.4, -0.2) is 14.5 Å². The molecule has 0 saturated heterocycles. The zero-order chi connectivity index (χ0) is 33.1. The Kier molecular flexibility index (Phi) is 5.45. The van der Waals surface area contributed by atoms with Gasteiger partial charge in [-0.2, -0.15) is 0 Å². The highest BCUT2D eigenvalue weighted by atomic mass is 15.2. The first-order valence-corrected chi connectivity index (χ1v) is 17.4. The second kappa shape index (κ2) is 9.87. The first kappa shape index (κ1) is 27.6. The molecule has 0 amide bonds. The van der Waals surface area contributed by atoms with E-state index in [1.165, 1.54) is 70.6 Å². The first-order chi connectivity index (χ1) is 24.6. The van der Waals surface area contributed by atoms with Gasteiger partial charge in [0.05, 0.1) is 22.4 Å². The van der Waals surface area contributed by atoms with E-state index in [0.717, 1.165) is 28.0 Å². The van der Waals surface area contributed by atoms with Crippen molar-refractivity contribution >= 4 is 64.9 Å². The van der Waals surface area contributed by atoms with Crippen LogP contribution in [-0.2, 0) is 5.41 Å². The summed E-state index contributed by atoms with van der Waals surface area (Å²) in [5, 5.41) is 12.4. The molecule has 0 saturated carbocycles. The van der Waals surface area contributed by atoms with Crippen molar-refractivity contribution in [1.82, 2.24) is 14.5 Å². The number of benzene rings is 8. The van der Waals surface area contributed by atoms with E-state index in [9.17, 15) is 0 Å². The normalized spacial score (nSPS) is 13.6. The summed E-state index contributed by atoms with van der Waals surface area (Å²) in [5.74, 6) is 0.691. The molecule has 0 bridgehead atoms. The molecule has 11 rings (SSSR count). The van der Waals surface area contributed by atoms with Crippen molar-refractivity contribution in [3.05, 3.63) is 163 Å². The van der Waals surface area contributed by atoms with E-state index in [4.69, 9.17) is 9.97 Å². The molecule has 0 aliphatic heterocycles. The second-order valence-electron chi connectivity index (χ2n) is 14.1. The van der Waals surface area contributed by atoms with Crippen molar-refractivity contribution in [2.45, 2.75) is 19.3 Å². The van der Waals surface area contributed by atoms with Crippen molar-refractivity contribution < 1.29 is 0 Å². The molecule has 3 heteroatoms. The molecule has 8 aromatic carbocycles. The summed E-state index contributed by atoms with van der Waals surface area (Å²) in [4.78, 5) is 11.2. The maximum atomic E-state index is 5.59. The summed E-state index contributed by atoms with van der Waals surface area (Å²) in [6, 6.07) is 55.0. The van der Waals surface area contributed by atoms with Crippen LogP contribution in [0.3, 0.4) is 0 Å². The van der Waals surface area contributed by atoms with Crippen LogP contribution < -0.4 is 0 Å². The lowest BCUT2D eigenvalue weighted by Crippen LogP contribution is -2.18. The number of nitrogens with zero attached hydrogens (tertiary/aromatic N) is 3. The minimum Gasteiger partial charge on any atom is -0.277 e. The van der Waals surface area contributed by atoms with Gasteiger partial charge in [0.15, 0.2) is 0 Å². The monoisotopic (exact) mass is 637 g/mol. The van der Waals surface area contributed by atoms with Crippen LogP contribution in [0.2, 0.25) is 0 Å². The highest BCUT2D eigenvalue weighted by molar-refractivity contribution is 6.36. The summed E-state index contributed by atoms with van der Waals surface area (Å²) < 4.78 is 2.34. The lowest BCUT2D eigenvalue weighted by atomic mass is 9.81. The van der Waals surface area contributed by atoms with E-state index in [1.54, 1.807) is 0 Å². The summed E-state index contributed by atoms with van der Waals surface area (Å²) in [6.45, 7) is 4.62. The zero-order valence-electron chi connectivity index (χ0n) is 27.8. The van der Waals surface area contributed by atoms with Gasteiger partial charge in [0.25, 0.3) is 0 Å². The Morgan fingerprint density at radius 1 is 0.460 bits per heavy atom. The van der Waals surface area contributed by atoms with Crippen molar-refractivity contribution in [2.24, 2.45) is 0 Å². The lowest BCUT2D eigenvalue weighted by Gasteiger charge is -2.24. The molecule has 0 N–H and O–H groups in total. The van der Waals surface area contributed by atoms with Gasteiger partial charge in [0, 0.05) is 43.7 Å². The molecular formula is C47H31N3. The van der Waals surface area contributed by atoms with E-state index in [1.807, 2.05) is 0 Å². The van der Waals surface area contributed by atoms with E-state index >= 15 is 0 Å². The van der Waals surface area contributed by atoms with Crippen LogP contribution in [0.1, 0.15) is 25.0 Å². The Morgan fingerprint density at radius 3 is 1.82 bits per heavy atom. The molecule has 0 radical (unpaired) electrons. The summed E-state index contributed by atoms with van der Waals surface area (Å²) in [7, 11) is 0. The summed E-state index contributed by atoms with van der Waals surface area (Å²) in [5.41, 5.74) is 8.74. The molecule has 0 unspecified atom stereocenters. The molecule has 0 fully saturated rings. The Hall–Kier alpha value is -6.32. The molecular weight excluding hydrogens is 607 g/mol. The number of hydrogen-bond acceptors (Lipinski definition) is 2. The van der Waals surface area contributed by atoms with E-state index in [2.05, 4.69) is 170 Å². The zero-order valence-corrected chi connectivity index (χ0v) is 27.8. The molecule has 0 atom stereocenters. The third-order valence-corrected chi connectivity index (χ3v) is 11.1. The number of fused-ring (bicyclic) bond motifs is 15. The second-order valence-corrected chi connectivity index (χ2v) is 14.1. The van der Waals surface area contributed by atoms with Gasteiger partial charge in [0.2, 0.25) is 5.95 Å². The molecule has 1 aliphatic carbocycles. The van der Waals surface area contributed by atoms with Crippen LogP contribution in [0.5, 0.6) is 0 Å². The average molecular weight is 638 g/mol. The van der Waals surface area contributed by atoms with Gasteiger partial charge >= 0.3 is 0 Å². The van der Waals surface area contributed by atoms with Crippen molar-refractivity contribution in [3.8, 4) is 28.5 Å². The SMILES string of the molecule is CC1(C)c2ccccc2-c2nc(-n3c4ccc5c6ccccc6c6ccccc6c5c4c4ccc5ccccc5c43)nc(-c3ccccc3)c21. The van der Waals surface area contributed by atoms with Crippen LogP contribution >= 0.6 is 0 Å². The quantitative estimate of drug-likeness (QED) is 0.177. The van der Waals surface area contributed by atoms with Crippen molar-refractivity contribution in [1.29, 1.82) is 0 Å². The minimum atomic E-state index is -0.251. The fourth-order valence-corrected chi connectivity index (χ4v) is 8.98. The Labute approximate surface area is 289 Å². The van der Waals surface area contributed by atoms with E-state index in [-0.39, 0.29) is 5.41 Å². The average Bonchev–Trinajstić information content (AvgIpc) is 3.64. The van der Waals surface area contributed by atoms with Crippen molar-refractivity contribution in [3.63, 3.8) is 0 Å². The Balaban J connectivity index is 1.37. The molecule has 0 spiro atoms. The highest BCUT2D eigenvalue weighted by Gasteiger charge is 2.40. The molecule has 1 aliphatic rings. The van der Waals surface area contributed by atoms with Crippen LogP contribution in [0, 0.1) is 0 Å².